The molecule has 2 nitrogen and oxygen atoms in total. The average Bonchev–Trinajstić information content (AvgIpc) is 2.10. The Morgan fingerprint density at radius 1 is 1.62 bits per heavy atom. The third-order valence-electron chi connectivity index (χ3n) is 1.71. The van der Waals surface area contributed by atoms with Crippen molar-refractivity contribution in [1.82, 2.24) is 5.43 Å². The molecule has 4 heteroatoms. The number of hydrazine groups is 1. The smallest absolute Gasteiger partial charge is 0.0649 e. The number of benzene rings is 1. The Hall–Kier alpha value is -0.350. The van der Waals surface area contributed by atoms with E-state index in [0.717, 1.165) is 10.0 Å². The highest BCUT2D eigenvalue weighted by molar-refractivity contribution is 9.10. The topological polar surface area (TPSA) is 38.0 Å². The second-order valence-corrected chi connectivity index (χ2v) is 3.84. The quantitative estimate of drug-likeness (QED) is 0.499. The van der Waals surface area contributed by atoms with Gasteiger partial charge in [-0.25, -0.2) is 5.43 Å². The van der Waals surface area contributed by atoms with E-state index in [2.05, 4.69) is 27.9 Å². The van der Waals surface area contributed by atoms with Crippen LogP contribution in [-0.4, -0.2) is 0 Å². The van der Waals surface area contributed by atoms with E-state index < -0.39 is 0 Å². The summed E-state index contributed by atoms with van der Waals surface area (Å²) in [6.07, 6.45) is 1.73. The Morgan fingerprint density at radius 3 is 2.77 bits per heavy atom. The van der Waals surface area contributed by atoms with Gasteiger partial charge in [0.25, 0.3) is 0 Å². The molecule has 1 atom stereocenters. The first-order valence-electron chi connectivity index (χ1n) is 3.72. The minimum atomic E-state index is -0.0633. The van der Waals surface area contributed by atoms with Gasteiger partial charge in [0.1, 0.15) is 0 Å². The number of halogens is 2. The summed E-state index contributed by atoms with van der Waals surface area (Å²) in [4.78, 5) is 0. The number of hydrogen-bond donors (Lipinski definition) is 2. The highest BCUT2D eigenvalue weighted by Crippen LogP contribution is 2.26. The summed E-state index contributed by atoms with van der Waals surface area (Å²) in [7, 11) is 0. The third-order valence-corrected chi connectivity index (χ3v) is 2.63. The summed E-state index contributed by atoms with van der Waals surface area (Å²) in [6, 6.07) is 5.48. The molecule has 0 heterocycles. The van der Waals surface area contributed by atoms with E-state index in [1.165, 1.54) is 0 Å². The molecule has 0 saturated heterocycles. The molecule has 70 valence electrons. The molecular weight excluding hydrogens is 251 g/mol. The van der Waals surface area contributed by atoms with E-state index in [4.69, 9.17) is 17.4 Å². The molecule has 0 aliphatic carbocycles. The Labute approximate surface area is 90.9 Å². The lowest BCUT2D eigenvalue weighted by Gasteiger charge is -2.13. The van der Waals surface area contributed by atoms with Crippen molar-refractivity contribution in [1.29, 1.82) is 0 Å². The number of nitrogens with two attached hydrogens (primary N) is 1. The van der Waals surface area contributed by atoms with Crippen LogP contribution in [0.3, 0.4) is 0 Å². The highest BCUT2D eigenvalue weighted by atomic mass is 79.9. The largest absolute Gasteiger partial charge is 0.271 e. The lowest BCUT2D eigenvalue weighted by atomic mass is 10.1. The lowest BCUT2D eigenvalue weighted by molar-refractivity contribution is 0.654. The second kappa shape index (κ2) is 4.77. The van der Waals surface area contributed by atoms with Crippen molar-refractivity contribution in [2.24, 2.45) is 5.84 Å². The van der Waals surface area contributed by atoms with Gasteiger partial charge in [-0.3, -0.25) is 5.84 Å². The van der Waals surface area contributed by atoms with Crippen LogP contribution in [0.4, 0.5) is 0 Å². The predicted octanol–water partition coefficient (Wildman–Crippen LogP) is 2.79. The highest BCUT2D eigenvalue weighted by Gasteiger charge is 2.08. The van der Waals surface area contributed by atoms with E-state index in [-0.39, 0.29) is 6.04 Å². The zero-order valence-electron chi connectivity index (χ0n) is 6.93. The van der Waals surface area contributed by atoms with Gasteiger partial charge in [-0.2, -0.15) is 0 Å². The molecule has 1 rings (SSSR count). The van der Waals surface area contributed by atoms with Crippen LogP contribution < -0.4 is 11.3 Å². The Morgan fingerprint density at radius 2 is 2.31 bits per heavy atom. The Balaban J connectivity index is 3.06. The minimum Gasteiger partial charge on any atom is -0.271 e. The number of nitrogens with one attached hydrogen (secondary N) is 1. The normalized spacial score (nSPS) is 12.5. The molecule has 0 aliphatic rings. The van der Waals surface area contributed by atoms with E-state index in [0.29, 0.717) is 5.02 Å². The average molecular weight is 262 g/mol. The maximum Gasteiger partial charge on any atom is 0.0649 e. The van der Waals surface area contributed by atoms with Gasteiger partial charge >= 0.3 is 0 Å². The van der Waals surface area contributed by atoms with Crippen LogP contribution in [0, 0.1) is 0 Å². The monoisotopic (exact) mass is 260 g/mol. The van der Waals surface area contributed by atoms with Crippen molar-refractivity contribution < 1.29 is 0 Å². The van der Waals surface area contributed by atoms with Crippen LogP contribution in [0.25, 0.3) is 0 Å². The summed E-state index contributed by atoms with van der Waals surface area (Å²) >= 11 is 9.20. The Bertz CT molecular complexity index is 314. The minimum absolute atomic E-state index is 0.0633. The van der Waals surface area contributed by atoms with Crippen molar-refractivity contribution in [3.63, 3.8) is 0 Å². The standard InChI is InChI=1S/C9H10BrClN2/c1-2-9(13-12)7-4-3-6(11)5-8(7)10/h2-5,9,13H,1,12H2. The molecule has 0 aromatic heterocycles. The number of hydrogen-bond acceptors (Lipinski definition) is 2. The SMILES string of the molecule is C=CC(NN)c1ccc(Cl)cc1Br. The summed E-state index contributed by atoms with van der Waals surface area (Å²) in [6.45, 7) is 3.68. The molecule has 0 fully saturated rings. The van der Waals surface area contributed by atoms with Crippen molar-refractivity contribution in [2.75, 3.05) is 0 Å². The van der Waals surface area contributed by atoms with E-state index in [1.54, 1.807) is 6.08 Å². The second-order valence-electron chi connectivity index (χ2n) is 2.55. The van der Waals surface area contributed by atoms with Crippen LogP contribution >= 0.6 is 27.5 Å². The summed E-state index contributed by atoms with van der Waals surface area (Å²) < 4.78 is 0.919. The molecule has 13 heavy (non-hydrogen) atoms. The van der Waals surface area contributed by atoms with Gasteiger partial charge < -0.3 is 0 Å². The van der Waals surface area contributed by atoms with Crippen LogP contribution in [-0.2, 0) is 0 Å². The molecule has 1 aromatic carbocycles. The molecule has 0 amide bonds. The van der Waals surface area contributed by atoms with Gasteiger partial charge in [-0.1, -0.05) is 39.7 Å². The lowest BCUT2D eigenvalue weighted by Crippen LogP contribution is -2.26. The molecule has 0 saturated carbocycles. The maximum absolute atomic E-state index is 5.80. The summed E-state index contributed by atoms with van der Waals surface area (Å²) in [5, 5.41) is 0.690. The fourth-order valence-electron chi connectivity index (χ4n) is 1.04. The third kappa shape index (κ3) is 2.54. The fourth-order valence-corrected chi connectivity index (χ4v) is 1.97. The first-order valence-corrected chi connectivity index (χ1v) is 4.89. The van der Waals surface area contributed by atoms with Crippen LogP contribution in [0.2, 0.25) is 5.02 Å². The van der Waals surface area contributed by atoms with Crippen LogP contribution in [0.15, 0.2) is 35.3 Å². The van der Waals surface area contributed by atoms with Crippen molar-refractivity contribution in [3.05, 3.63) is 45.9 Å². The molecule has 0 aliphatic heterocycles. The molecule has 0 radical (unpaired) electrons. The van der Waals surface area contributed by atoms with Crippen LogP contribution in [0.1, 0.15) is 11.6 Å². The summed E-state index contributed by atoms with van der Waals surface area (Å²) in [5.74, 6) is 5.35. The maximum atomic E-state index is 5.80. The van der Waals surface area contributed by atoms with E-state index in [1.807, 2.05) is 18.2 Å². The molecule has 0 bridgehead atoms. The predicted molar refractivity (Wildman–Crippen MR) is 59.4 cm³/mol. The van der Waals surface area contributed by atoms with E-state index >= 15 is 0 Å². The molecule has 1 aromatic rings. The van der Waals surface area contributed by atoms with Gasteiger partial charge in [-0.15, -0.1) is 6.58 Å². The van der Waals surface area contributed by atoms with Gasteiger partial charge in [-0.05, 0) is 17.7 Å². The first-order chi connectivity index (χ1) is 6.19. The molecule has 0 spiro atoms. The van der Waals surface area contributed by atoms with Gasteiger partial charge in [0.2, 0.25) is 0 Å². The van der Waals surface area contributed by atoms with Gasteiger partial charge in [0.05, 0.1) is 6.04 Å². The van der Waals surface area contributed by atoms with Crippen molar-refractivity contribution in [3.8, 4) is 0 Å². The van der Waals surface area contributed by atoms with Gasteiger partial charge in [0, 0.05) is 9.50 Å². The Kier molecular flexibility index (Phi) is 3.93. The fraction of sp³-hybridized carbons (Fsp3) is 0.111. The zero-order chi connectivity index (χ0) is 9.84. The molecule has 3 N–H and O–H groups in total. The van der Waals surface area contributed by atoms with Gasteiger partial charge in [0.15, 0.2) is 0 Å². The van der Waals surface area contributed by atoms with Crippen molar-refractivity contribution in [2.45, 2.75) is 6.04 Å². The zero-order valence-corrected chi connectivity index (χ0v) is 9.27. The molecular formula is C9H10BrClN2. The summed E-state index contributed by atoms with van der Waals surface area (Å²) in [5.41, 5.74) is 3.65. The van der Waals surface area contributed by atoms with Crippen LogP contribution in [0.5, 0.6) is 0 Å². The molecule has 1 unspecified atom stereocenters. The first kappa shape index (κ1) is 10.7. The van der Waals surface area contributed by atoms with E-state index in [9.17, 15) is 0 Å². The van der Waals surface area contributed by atoms with Crippen molar-refractivity contribution >= 4 is 27.5 Å². The number of rotatable bonds is 3.